The Labute approximate surface area is 220 Å². The zero-order valence-corrected chi connectivity index (χ0v) is 20.5. The van der Waals surface area contributed by atoms with E-state index in [-0.39, 0.29) is 18.4 Å². The summed E-state index contributed by atoms with van der Waals surface area (Å²) in [4.78, 5) is 36.3. The lowest BCUT2D eigenvalue weighted by molar-refractivity contribution is -0.138. The Morgan fingerprint density at radius 3 is 2.11 bits per heavy atom. The molecule has 0 aromatic heterocycles. The van der Waals surface area contributed by atoms with Crippen LogP contribution in [0.25, 0.3) is 0 Å². The first-order valence-electron chi connectivity index (χ1n) is 12.0. The fraction of sp³-hybridized carbons (Fsp3) is 0.100. The Kier molecular flexibility index (Phi) is 8.70. The van der Waals surface area contributed by atoms with Crippen molar-refractivity contribution in [3.63, 3.8) is 0 Å². The van der Waals surface area contributed by atoms with Crippen molar-refractivity contribution in [2.75, 3.05) is 10.6 Å². The van der Waals surface area contributed by atoms with Gasteiger partial charge in [0.15, 0.2) is 0 Å². The second-order valence-corrected chi connectivity index (χ2v) is 8.47. The quantitative estimate of drug-likeness (QED) is 0.214. The minimum absolute atomic E-state index is 0.183. The topological polar surface area (TPSA) is 117 Å². The summed E-state index contributed by atoms with van der Waals surface area (Å²) in [5.74, 6) is -0.834. The lowest BCUT2D eigenvalue weighted by Crippen LogP contribution is -2.28. The van der Waals surface area contributed by atoms with Gasteiger partial charge in [-0.15, -0.1) is 0 Å². The number of hydrogen-bond acceptors (Lipinski definition) is 4. The molecule has 0 aliphatic carbocycles. The highest BCUT2D eigenvalue weighted by atomic mass is 16.5. The summed E-state index contributed by atoms with van der Waals surface area (Å²) in [6.07, 6.45) is -0.828. The fourth-order valence-corrected chi connectivity index (χ4v) is 3.73. The van der Waals surface area contributed by atoms with Crippen molar-refractivity contribution in [1.82, 2.24) is 5.32 Å². The van der Waals surface area contributed by atoms with E-state index in [9.17, 15) is 19.5 Å². The van der Waals surface area contributed by atoms with Gasteiger partial charge in [0.1, 0.15) is 11.9 Å². The number of nitrogens with one attached hydrogen (secondary N) is 3. The summed E-state index contributed by atoms with van der Waals surface area (Å²) in [5.41, 5.74) is 3.13. The molecule has 0 heterocycles. The van der Waals surface area contributed by atoms with Gasteiger partial charge >= 0.3 is 12.0 Å². The molecule has 1 unspecified atom stereocenters. The first-order valence-corrected chi connectivity index (χ1v) is 12.0. The third-order valence-electron chi connectivity index (χ3n) is 5.60. The molecule has 0 aliphatic heterocycles. The van der Waals surface area contributed by atoms with Gasteiger partial charge in [0.05, 0.1) is 6.42 Å². The number of carboxylic acid groups (broad SMARTS) is 1. The Bertz CT molecular complexity index is 1380. The van der Waals surface area contributed by atoms with Crippen LogP contribution in [0.4, 0.5) is 16.2 Å². The van der Waals surface area contributed by atoms with Gasteiger partial charge in [-0.05, 0) is 53.6 Å². The highest BCUT2D eigenvalue weighted by Gasteiger charge is 2.17. The molecule has 0 fully saturated rings. The van der Waals surface area contributed by atoms with Crippen LogP contribution in [0.15, 0.2) is 109 Å². The Hall–Kier alpha value is -5.11. The van der Waals surface area contributed by atoms with Crippen molar-refractivity contribution >= 4 is 29.3 Å². The number of amides is 3. The lowest BCUT2D eigenvalue weighted by atomic mass is 10.1. The highest BCUT2D eigenvalue weighted by Crippen LogP contribution is 2.26. The molecular formula is C30H27N3O5. The first kappa shape index (κ1) is 26.0. The summed E-state index contributed by atoms with van der Waals surface area (Å²) in [6.45, 7) is 0.384. The molecule has 8 nitrogen and oxygen atoms in total. The van der Waals surface area contributed by atoms with Gasteiger partial charge in [0.2, 0.25) is 0 Å². The van der Waals surface area contributed by atoms with Crippen LogP contribution in [0.1, 0.15) is 34.0 Å². The van der Waals surface area contributed by atoms with Crippen molar-refractivity contribution in [2.45, 2.75) is 19.1 Å². The smallest absolute Gasteiger partial charge is 0.319 e. The van der Waals surface area contributed by atoms with E-state index in [4.69, 9.17) is 4.74 Å². The average molecular weight is 510 g/mol. The Morgan fingerprint density at radius 1 is 0.737 bits per heavy atom. The van der Waals surface area contributed by atoms with Gasteiger partial charge in [-0.1, -0.05) is 66.7 Å². The number of rotatable bonds is 10. The second kappa shape index (κ2) is 12.7. The predicted octanol–water partition coefficient (Wildman–Crippen LogP) is 5.86. The third-order valence-corrected chi connectivity index (χ3v) is 5.60. The second-order valence-electron chi connectivity index (χ2n) is 8.47. The molecule has 0 spiro atoms. The molecule has 38 heavy (non-hydrogen) atoms. The Balaban J connectivity index is 1.33. The number of carbonyl (C=O) groups excluding carboxylic acids is 2. The molecule has 0 aliphatic rings. The number of anilines is 2. The zero-order valence-electron chi connectivity index (χ0n) is 20.5. The van der Waals surface area contributed by atoms with E-state index in [1.165, 1.54) is 0 Å². The maximum Gasteiger partial charge on any atom is 0.319 e. The van der Waals surface area contributed by atoms with Crippen LogP contribution in [0, 0.1) is 0 Å². The van der Waals surface area contributed by atoms with E-state index in [2.05, 4.69) is 16.0 Å². The largest absolute Gasteiger partial charge is 0.485 e. The molecule has 4 N–H and O–H groups in total. The van der Waals surface area contributed by atoms with Gasteiger partial charge in [-0.3, -0.25) is 9.59 Å². The van der Waals surface area contributed by atoms with E-state index in [1.807, 2.05) is 60.7 Å². The molecular weight excluding hydrogens is 482 g/mol. The average Bonchev–Trinajstić information content (AvgIpc) is 2.93. The van der Waals surface area contributed by atoms with Crippen LogP contribution in [0.5, 0.6) is 5.75 Å². The van der Waals surface area contributed by atoms with Crippen molar-refractivity contribution in [3.05, 3.63) is 126 Å². The van der Waals surface area contributed by atoms with Crippen LogP contribution < -0.4 is 20.7 Å². The number of hydrogen-bond donors (Lipinski definition) is 4. The number of carboxylic acids is 1. The summed E-state index contributed by atoms with van der Waals surface area (Å²) in [7, 11) is 0. The number of benzene rings is 4. The van der Waals surface area contributed by atoms with Crippen molar-refractivity contribution in [1.29, 1.82) is 0 Å². The number of carbonyl (C=O) groups is 3. The molecule has 4 aromatic rings. The number of aliphatic carboxylic acids is 1. The molecule has 0 saturated carbocycles. The van der Waals surface area contributed by atoms with Gasteiger partial charge < -0.3 is 25.8 Å². The molecule has 4 rings (SSSR count). The molecule has 192 valence electrons. The maximum atomic E-state index is 12.8. The van der Waals surface area contributed by atoms with E-state index < -0.39 is 12.1 Å². The van der Waals surface area contributed by atoms with Gasteiger partial charge in [0, 0.05) is 23.5 Å². The van der Waals surface area contributed by atoms with Crippen LogP contribution in [0.2, 0.25) is 0 Å². The van der Waals surface area contributed by atoms with E-state index >= 15 is 0 Å². The summed E-state index contributed by atoms with van der Waals surface area (Å²) >= 11 is 0. The van der Waals surface area contributed by atoms with Gasteiger partial charge in [-0.25, -0.2) is 4.79 Å². The van der Waals surface area contributed by atoms with Gasteiger partial charge in [-0.2, -0.15) is 0 Å². The number of ether oxygens (including phenoxy) is 1. The molecule has 0 saturated heterocycles. The molecule has 0 radical (unpaired) electrons. The maximum absolute atomic E-state index is 12.8. The molecule has 3 amide bonds. The molecule has 4 aromatic carbocycles. The van der Waals surface area contributed by atoms with Crippen molar-refractivity contribution in [2.24, 2.45) is 0 Å². The third kappa shape index (κ3) is 7.69. The van der Waals surface area contributed by atoms with Crippen LogP contribution in [-0.4, -0.2) is 23.0 Å². The molecule has 1 atom stereocenters. The standard InChI is InChI=1S/C30H27N3O5/c34-28(35)19-27(22-10-5-2-6-11-22)38-26-16-14-24(15-17-26)32-29(36)23-12-7-13-25(18-23)33-30(37)31-20-21-8-3-1-4-9-21/h1-18,27H,19-20H2,(H,32,36)(H,34,35)(H2,31,33,37). The molecule has 0 bridgehead atoms. The minimum atomic E-state index is -0.965. The predicted molar refractivity (Wildman–Crippen MR) is 145 cm³/mol. The van der Waals surface area contributed by atoms with E-state index in [0.29, 0.717) is 29.2 Å². The van der Waals surface area contributed by atoms with Crippen LogP contribution >= 0.6 is 0 Å². The van der Waals surface area contributed by atoms with Gasteiger partial charge in [0.25, 0.3) is 5.91 Å². The summed E-state index contributed by atoms with van der Waals surface area (Å²) < 4.78 is 5.92. The lowest BCUT2D eigenvalue weighted by Gasteiger charge is -2.18. The monoisotopic (exact) mass is 509 g/mol. The summed E-state index contributed by atoms with van der Waals surface area (Å²) in [6, 6.07) is 31.6. The van der Waals surface area contributed by atoms with E-state index in [0.717, 1.165) is 11.1 Å². The normalized spacial score (nSPS) is 11.2. The van der Waals surface area contributed by atoms with E-state index in [1.54, 1.807) is 48.5 Å². The molecule has 8 heteroatoms. The van der Waals surface area contributed by atoms with Crippen LogP contribution in [0.3, 0.4) is 0 Å². The van der Waals surface area contributed by atoms with Crippen molar-refractivity contribution < 1.29 is 24.2 Å². The zero-order chi connectivity index (χ0) is 26.7. The minimum Gasteiger partial charge on any atom is -0.485 e. The highest BCUT2D eigenvalue weighted by molar-refractivity contribution is 6.05. The Morgan fingerprint density at radius 2 is 1.42 bits per heavy atom. The first-order chi connectivity index (χ1) is 18.5. The van der Waals surface area contributed by atoms with Crippen LogP contribution in [-0.2, 0) is 11.3 Å². The fourth-order valence-electron chi connectivity index (χ4n) is 3.73. The SMILES string of the molecule is O=C(O)CC(Oc1ccc(NC(=O)c2cccc(NC(=O)NCc3ccccc3)c2)cc1)c1ccccc1. The summed E-state index contributed by atoms with van der Waals surface area (Å²) in [5, 5.41) is 17.6. The van der Waals surface area contributed by atoms with Crippen molar-refractivity contribution in [3.8, 4) is 5.75 Å². The number of urea groups is 1.